The van der Waals surface area contributed by atoms with Gasteiger partial charge in [-0.05, 0) is 72.2 Å². The lowest BCUT2D eigenvalue weighted by atomic mass is 10.00. The Morgan fingerprint density at radius 2 is 1.34 bits per heavy atom. The number of halogens is 1. The van der Waals surface area contributed by atoms with Gasteiger partial charge in [-0.15, -0.1) is 0 Å². The number of unbranched alkanes of at least 4 members (excludes halogenated alkanes) is 1. The van der Waals surface area contributed by atoms with Gasteiger partial charge in [-0.3, -0.25) is 9.59 Å². The summed E-state index contributed by atoms with van der Waals surface area (Å²) >= 11 is 0. The summed E-state index contributed by atoms with van der Waals surface area (Å²) in [5.41, 5.74) is 4.46. The van der Waals surface area contributed by atoms with Gasteiger partial charge in [0.05, 0.1) is 19.8 Å². The fourth-order valence-corrected chi connectivity index (χ4v) is 4.93. The summed E-state index contributed by atoms with van der Waals surface area (Å²) in [4.78, 5) is 21.9. The van der Waals surface area contributed by atoms with Crippen LogP contribution in [0.1, 0.15) is 55.7 Å². The van der Waals surface area contributed by atoms with Crippen molar-refractivity contribution in [3.8, 4) is 34.1 Å². The van der Waals surface area contributed by atoms with Gasteiger partial charge in [-0.1, -0.05) is 55.5 Å². The average Bonchev–Trinajstić information content (AvgIpc) is 3.07. The van der Waals surface area contributed by atoms with Crippen LogP contribution in [0.3, 0.4) is 0 Å². The monoisotopic (exact) mass is 644 g/mol. The second kappa shape index (κ2) is 18.2. The van der Waals surface area contributed by atoms with Crippen LogP contribution in [0, 0.1) is 5.82 Å². The molecule has 8 nitrogen and oxygen atoms in total. The minimum atomic E-state index is -0.896. The van der Waals surface area contributed by atoms with E-state index in [1.54, 1.807) is 30.3 Å². The molecule has 0 aliphatic rings. The van der Waals surface area contributed by atoms with Crippen LogP contribution in [0.25, 0.3) is 11.1 Å². The maximum atomic E-state index is 13.7. The lowest BCUT2D eigenvalue weighted by Crippen LogP contribution is -2.08. The van der Waals surface area contributed by atoms with Crippen LogP contribution in [0.15, 0.2) is 84.9 Å². The molecule has 4 aromatic rings. The van der Waals surface area contributed by atoms with Crippen molar-refractivity contribution in [2.75, 3.05) is 19.8 Å². The maximum Gasteiger partial charge on any atom is 0.303 e. The van der Waals surface area contributed by atoms with E-state index in [9.17, 15) is 19.1 Å². The number of carboxylic acid groups (broad SMARTS) is 2. The first-order valence-corrected chi connectivity index (χ1v) is 15.9. The molecule has 2 N–H and O–H groups in total. The molecule has 0 saturated carbocycles. The molecule has 0 bridgehead atoms. The molecule has 0 unspecified atom stereocenters. The molecule has 0 heterocycles. The highest BCUT2D eigenvalue weighted by atomic mass is 19.1. The van der Waals surface area contributed by atoms with Gasteiger partial charge in [-0.25, -0.2) is 4.39 Å². The summed E-state index contributed by atoms with van der Waals surface area (Å²) in [7, 11) is 0. The molecule has 248 valence electrons. The Morgan fingerprint density at radius 3 is 2.02 bits per heavy atom. The third kappa shape index (κ3) is 11.4. The molecule has 0 amide bonds. The molecule has 0 spiro atoms. The second-order valence-corrected chi connectivity index (χ2v) is 11.0. The summed E-state index contributed by atoms with van der Waals surface area (Å²) in [5.74, 6) is 0.407. The third-order valence-corrected chi connectivity index (χ3v) is 7.44. The van der Waals surface area contributed by atoms with E-state index in [0.29, 0.717) is 75.1 Å². The Kier molecular flexibility index (Phi) is 13.5. The van der Waals surface area contributed by atoms with Crippen molar-refractivity contribution in [1.82, 2.24) is 0 Å². The quantitative estimate of drug-likeness (QED) is 0.0928. The highest BCUT2D eigenvalue weighted by molar-refractivity contribution is 5.73. The molecule has 0 aliphatic carbocycles. The number of aryl methyl sites for hydroxylation is 2. The van der Waals surface area contributed by atoms with Crippen LogP contribution < -0.4 is 18.9 Å². The highest BCUT2D eigenvalue weighted by Gasteiger charge is 2.15. The lowest BCUT2D eigenvalue weighted by Gasteiger charge is -2.18. The van der Waals surface area contributed by atoms with Crippen LogP contribution in [0.2, 0.25) is 0 Å². The molecule has 0 atom stereocenters. The second-order valence-electron chi connectivity index (χ2n) is 11.0. The van der Waals surface area contributed by atoms with E-state index in [1.807, 2.05) is 49.4 Å². The van der Waals surface area contributed by atoms with Gasteiger partial charge in [0.15, 0.2) is 0 Å². The fourth-order valence-electron chi connectivity index (χ4n) is 4.93. The standard InChI is InChI=1S/C38H41FO8/c1-2-28-23-33(29-12-16-31(39)17-13-29)36(47-26-27-9-4-3-5-10-27)25-35(28)46-22-8-21-45-34-24-32(44-20-7-6-11-37(40)41)18-14-30(34)15-19-38(42)43/h3-5,9-10,12-14,16-18,23-25H,2,6-8,11,15,19-22,26H2,1H3,(H,40,41)(H,42,43). The van der Waals surface area contributed by atoms with E-state index in [1.165, 1.54) is 12.1 Å². The molecule has 47 heavy (non-hydrogen) atoms. The predicted octanol–water partition coefficient (Wildman–Crippen LogP) is 8.13. The number of rotatable bonds is 20. The summed E-state index contributed by atoms with van der Waals surface area (Å²) in [5, 5.41) is 18.0. The van der Waals surface area contributed by atoms with Crippen LogP contribution >= 0.6 is 0 Å². The number of hydrogen-bond acceptors (Lipinski definition) is 6. The van der Waals surface area contributed by atoms with Gasteiger partial charge in [-0.2, -0.15) is 0 Å². The van der Waals surface area contributed by atoms with Crippen molar-refractivity contribution in [2.45, 2.75) is 58.5 Å². The summed E-state index contributed by atoms with van der Waals surface area (Å²) in [6, 6.07) is 25.4. The van der Waals surface area contributed by atoms with Crippen molar-refractivity contribution >= 4 is 11.9 Å². The number of hydrogen-bond donors (Lipinski definition) is 2. The zero-order valence-corrected chi connectivity index (χ0v) is 26.6. The smallest absolute Gasteiger partial charge is 0.303 e. The third-order valence-electron chi connectivity index (χ3n) is 7.44. The Morgan fingerprint density at radius 1 is 0.660 bits per heavy atom. The van der Waals surface area contributed by atoms with Gasteiger partial charge in [0.1, 0.15) is 35.4 Å². The number of aliphatic carboxylic acids is 2. The molecule has 0 fully saturated rings. The predicted molar refractivity (Wildman–Crippen MR) is 177 cm³/mol. The van der Waals surface area contributed by atoms with Gasteiger partial charge in [0, 0.05) is 37.0 Å². The van der Waals surface area contributed by atoms with Crippen LogP contribution in [0.5, 0.6) is 23.0 Å². The molecular weight excluding hydrogens is 603 g/mol. The lowest BCUT2D eigenvalue weighted by molar-refractivity contribution is -0.138. The van der Waals surface area contributed by atoms with Gasteiger partial charge in [0.25, 0.3) is 0 Å². The Hall–Kier alpha value is -5.05. The van der Waals surface area contributed by atoms with Crippen molar-refractivity contribution in [2.24, 2.45) is 0 Å². The molecule has 9 heteroatoms. The summed E-state index contributed by atoms with van der Waals surface area (Å²) in [6.45, 7) is 3.47. The topological polar surface area (TPSA) is 112 Å². The Balaban J connectivity index is 1.41. The summed E-state index contributed by atoms with van der Waals surface area (Å²) in [6.07, 6.45) is 2.77. The highest BCUT2D eigenvalue weighted by Crippen LogP contribution is 2.37. The van der Waals surface area contributed by atoms with E-state index >= 15 is 0 Å². The van der Waals surface area contributed by atoms with E-state index in [4.69, 9.17) is 24.1 Å². The van der Waals surface area contributed by atoms with E-state index in [2.05, 4.69) is 0 Å². The average molecular weight is 645 g/mol. The molecule has 4 rings (SSSR count). The largest absolute Gasteiger partial charge is 0.493 e. The van der Waals surface area contributed by atoms with Crippen molar-refractivity contribution in [3.63, 3.8) is 0 Å². The number of carbonyl (C=O) groups is 2. The number of ether oxygens (including phenoxy) is 4. The van der Waals surface area contributed by atoms with E-state index < -0.39 is 11.9 Å². The number of carboxylic acids is 2. The van der Waals surface area contributed by atoms with E-state index in [-0.39, 0.29) is 18.7 Å². The molecule has 0 aliphatic heterocycles. The fraction of sp³-hybridized carbons (Fsp3) is 0.316. The van der Waals surface area contributed by atoms with Crippen LogP contribution in [-0.4, -0.2) is 42.0 Å². The first-order chi connectivity index (χ1) is 22.8. The zero-order chi connectivity index (χ0) is 33.4. The van der Waals surface area contributed by atoms with Crippen LogP contribution in [0.4, 0.5) is 4.39 Å². The Labute approximate surface area is 274 Å². The first-order valence-electron chi connectivity index (χ1n) is 15.9. The SMILES string of the molecule is CCc1cc(-c2ccc(F)cc2)c(OCc2ccccc2)cc1OCCCOc1cc(OCCCCC(=O)O)ccc1CCC(=O)O. The maximum absolute atomic E-state index is 13.7. The first kappa shape index (κ1) is 34.8. The van der Waals surface area contributed by atoms with Gasteiger partial charge in [0.2, 0.25) is 0 Å². The zero-order valence-electron chi connectivity index (χ0n) is 26.6. The van der Waals surface area contributed by atoms with Gasteiger partial charge >= 0.3 is 11.9 Å². The molecular formula is C38H41FO8. The van der Waals surface area contributed by atoms with Crippen molar-refractivity contribution < 1.29 is 43.1 Å². The molecule has 4 aromatic carbocycles. The molecule has 0 radical (unpaired) electrons. The number of benzene rings is 4. The van der Waals surface area contributed by atoms with E-state index in [0.717, 1.165) is 34.2 Å². The van der Waals surface area contributed by atoms with Gasteiger partial charge < -0.3 is 29.2 Å². The summed E-state index contributed by atoms with van der Waals surface area (Å²) < 4.78 is 38.1. The minimum Gasteiger partial charge on any atom is -0.493 e. The normalized spacial score (nSPS) is 10.8. The minimum absolute atomic E-state index is 0.0305. The van der Waals surface area contributed by atoms with Crippen molar-refractivity contribution in [1.29, 1.82) is 0 Å². The van der Waals surface area contributed by atoms with Crippen LogP contribution in [-0.2, 0) is 29.0 Å². The molecule has 0 saturated heterocycles. The van der Waals surface area contributed by atoms with Crippen molar-refractivity contribution in [3.05, 3.63) is 107 Å². The molecule has 0 aromatic heterocycles. The Bertz CT molecular complexity index is 1590.